The van der Waals surface area contributed by atoms with Gasteiger partial charge in [0.2, 0.25) is 5.91 Å². The summed E-state index contributed by atoms with van der Waals surface area (Å²) >= 11 is 3.03. The maximum Gasteiger partial charge on any atom is 0.248 e. The molecule has 2 bridgehead atoms. The van der Waals surface area contributed by atoms with Gasteiger partial charge in [-0.1, -0.05) is 32.5 Å². The van der Waals surface area contributed by atoms with E-state index in [1.54, 1.807) is 11.8 Å². The van der Waals surface area contributed by atoms with E-state index in [9.17, 15) is 9.59 Å². The van der Waals surface area contributed by atoms with E-state index < -0.39 is 0 Å². The SMILES string of the molecule is CC12CCC(C(SC3=NN4CCCC(=O)N=C4S3)C1=O)C2(C)C. The van der Waals surface area contributed by atoms with E-state index in [-0.39, 0.29) is 22.0 Å². The third-order valence-corrected chi connectivity index (χ3v) is 8.64. The molecule has 0 saturated heterocycles. The lowest BCUT2D eigenvalue weighted by Crippen LogP contribution is -2.34. The molecule has 2 heterocycles. The van der Waals surface area contributed by atoms with Crippen molar-refractivity contribution in [3.8, 4) is 0 Å². The summed E-state index contributed by atoms with van der Waals surface area (Å²) in [6.07, 6.45) is 3.40. The van der Waals surface area contributed by atoms with Crippen molar-refractivity contribution >= 4 is 44.8 Å². The van der Waals surface area contributed by atoms with Crippen molar-refractivity contribution in [1.82, 2.24) is 5.01 Å². The molecule has 0 N–H and O–H groups in total. The van der Waals surface area contributed by atoms with Crippen molar-refractivity contribution in [3.05, 3.63) is 0 Å². The Balaban J connectivity index is 1.54. The molecule has 2 aliphatic carbocycles. The second-order valence-electron chi connectivity index (χ2n) is 7.58. The van der Waals surface area contributed by atoms with Gasteiger partial charge in [-0.05, 0) is 42.4 Å². The molecule has 4 rings (SSSR count). The zero-order valence-corrected chi connectivity index (χ0v) is 15.3. The largest absolute Gasteiger partial charge is 0.298 e. The van der Waals surface area contributed by atoms with E-state index in [0.29, 0.717) is 23.3 Å². The Morgan fingerprint density at radius 2 is 2.09 bits per heavy atom. The standard InChI is InChI=1S/C16H21N3O2S2/c1-15(2)9-6-7-16(15,3)12(21)11(9)22-14-18-19-8-4-5-10(20)17-13(19)23-14/h9,11H,4-8H2,1-3H3. The van der Waals surface area contributed by atoms with Crippen molar-refractivity contribution in [1.29, 1.82) is 0 Å². The molecule has 1 amide bonds. The first-order valence-corrected chi connectivity index (χ1v) is 9.89. The van der Waals surface area contributed by atoms with Crippen molar-refractivity contribution < 1.29 is 9.59 Å². The van der Waals surface area contributed by atoms with Crippen LogP contribution in [0.1, 0.15) is 46.5 Å². The number of hydrogen-bond acceptors (Lipinski definition) is 6. The fourth-order valence-corrected chi connectivity index (χ4v) is 7.14. The van der Waals surface area contributed by atoms with Crippen molar-refractivity contribution in [3.63, 3.8) is 0 Å². The average Bonchev–Trinajstić information content (AvgIpc) is 2.93. The quantitative estimate of drug-likeness (QED) is 0.726. The molecule has 5 nitrogen and oxygen atoms in total. The molecule has 124 valence electrons. The summed E-state index contributed by atoms with van der Waals surface area (Å²) in [5, 5.41) is 7.09. The highest BCUT2D eigenvalue weighted by Crippen LogP contribution is 2.66. The molecule has 2 aliphatic heterocycles. The number of rotatable bonds is 1. The molecule has 2 saturated carbocycles. The van der Waals surface area contributed by atoms with Crippen LogP contribution >= 0.6 is 23.5 Å². The molecule has 3 atom stereocenters. The highest BCUT2D eigenvalue weighted by Gasteiger charge is 2.66. The predicted molar refractivity (Wildman–Crippen MR) is 94.4 cm³/mol. The van der Waals surface area contributed by atoms with Gasteiger partial charge in [0.05, 0.1) is 5.25 Å². The molecule has 0 aromatic carbocycles. The van der Waals surface area contributed by atoms with E-state index in [1.165, 1.54) is 11.8 Å². The van der Waals surface area contributed by atoms with Crippen LogP contribution in [0.4, 0.5) is 0 Å². The molecule has 23 heavy (non-hydrogen) atoms. The van der Waals surface area contributed by atoms with E-state index in [1.807, 2.05) is 5.01 Å². The maximum atomic E-state index is 12.9. The Morgan fingerprint density at radius 3 is 2.78 bits per heavy atom. The van der Waals surface area contributed by atoms with Crippen LogP contribution < -0.4 is 0 Å². The van der Waals surface area contributed by atoms with Crippen LogP contribution in [0.2, 0.25) is 0 Å². The van der Waals surface area contributed by atoms with Gasteiger partial charge >= 0.3 is 0 Å². The molecule has 7 heteroatoms. The second-order valence-corrected chi connectivity index (χ2v) is 9.93. The first-order chi connectivity index (χ1) is 10.8. The molecule has 3 unspecified atom stereocenters. The van der Waals surface area contributed by atoms with Gasteiger partial charge in [-0.2, -0.15) is 10.1 Å². The molecule has 0 aromatic rings. The number of ketones is 1. The predicted octanol–water partition coefficient (Wildman–Crippen LogP) is 3.11. The van der Waals surface area contributed by atoms with Crippen molar-refractivity contribution in [2.75, 3.05) is 6.54 Å². The van der Waals surface area contributed by atoms with E-state index >= 15 is 0 Å². The lowest BCUT2D eigenvalue weighted by molar-refractivity contribution is -0.127. The van der Waals surface area contributed by atoms with Crippen LogP contribution in [0, 0.1) is 16.7 Å². The number of hydrogen-bond donors (Lipinski definition) is 0. The topological polar surface area (TPSA) is 62.1 Å². The summed E-state index contributed by atoms with van der Waals surface area (Å²) in [5.74, 6) is 0.727. The normalized spacial score (nSPS) is 38.5. The van der Waals surface area contributed by atoms with Crippen LogP contribution in [0.25, 0.3) is 0 Å². The molecular formula is C16H21N3O2S2. The first kappa shape index (κ1) is 15.7. The van der Waals surface area contributed by atoms with Gasteiger partial charge in [-0.25, -0.2) is 5.01 Å². The zero-order chi connectivity index (χ0) is 16.4. The third-order valence-electron chi connectivity index (χ3n) is 6.28. The molecule has 0 radical (unpaired) electrons. The first-order valence-electron chi connectivity index (χ1n) is 8.19. The summed E-state index contributed by atoms with van der Waals surface area (Å²) in [4.78, 5) is 28.7. The smallest absolute Gasteiger partial charge is 0.248 e. The number of carbonyl (C=O) groups is 2. The van der Waals surface area contributed by atoms with Gasteiger partial charge in [-0.3, -0.25) is 9.59 Å². The second kappa shape index (κ2) is 5.09. The Morgan fingerprint density at radius 1 is 1.30 bits per heavy atom. The Labute approximate surface area is 144 Å². The Bertz CT molecular complexity index is 658. The number of thioether (sulfide) groups is 2. The number of nitrogens with zero attached hydrogens (tertiary/aromatic N) is 3. The molecule has 2 fully saturated rings. The number of amides is 1. The van der Waals surface area contributed by atoms with Gasteiger partial charge in [0, 0.05) is 18.4 Å². The zero-order valence-electron chi connectivity index (χ0n) is 13.7. The number of fused-ring (bicyclic) bond motifs is 3. The van der Waals surface area contributed by atoms with E-state index in [4.69, 9.17) is 0 Å². The lowest BCUT2D eigenvalue weighted by atomic mass is 9.70. The van der Waals surface area contributed by atoms with Crippen molar-refractivity contribution in [2.24, 2.45) is 26.8 Å². The molecule has 0 aromatic heterocycles. The number of Topliss-reactive ketones (excluding diaryl/α,β-unsaturated/α-hetero) is 1. The fourth-order valence-electron chi connectivity index (χ4n) is 4.36. The monoisotopic (exact) mass is 351 g/mol. The van der Waals surface area contributed by atoms with Gasteiger partial charge in [-0.15, -0.1) is 0 Å². The summed E-state index contributed by atoms with van der Waals surface area (Å²) in [5.41, 5.74) is -0.138. The van der Waals surface area contributed by atoms with Gasteiger partial charge in [0.1, 0.15) is 0 Å². The van der Waals surface area contributed by atoms with E-state index in [2.05, 4.69) is 30.9 Å². The molecule has 4 aliphatic rings. The van der Waals surface area contributed by atoms with E-state index in [0.717, 1.165) is 30.2 Å². The highest BCUT2D eigenvalue weighted by atomic mass is 32.2. The minimum absolute atomic E-state index is 0.00478. The average molecular weight is 351 g/mol. The van der Waals surface area contributed by atoms with Crippen molar-refractivity contribution in [2.45, 2.75) is 51.7 Å². The van der Waals surface area contributed by atoms with Gasteiger partial charge in [0.25, 0.3) is 0 Å². The summed E-state index contributed by atoms with van der Waals surface area (Å²) in [6, 6.07) is 0. The minimum Gasteiger partial charge on any atom is -0.298 e. The van der Waals surface area contributed by atoms with Crippen LogP contribution in [0.5, 0.6) is 0 Å². The summed E-state index contributed by atoms with van der Waals surface area (Å²) in [6.45, 7) is 7.34. The number of aliphatic imine (C=N–C) groups is 1. The Kier molecular flexibility index (Phi) is 3.47. The molecule has 0 spiro atoms. The number of amidine groups is 1. The maximum absolute atomic E-state index is 12.9. The molecular weight excluding hydrogens is 330 g/mol. The van der Waals surface area contributed by atoms with Gasteiger partial charge in [0.15, 0.2) is 15.3 Å². The fraction of sp³-hybridized carbons (Fsp3) is 0.750. The number of carbonyl (C=O) groups excluding carboxylic acids is 2. The minimum atomic E-state index is -0.197. The van der Waals surface area contributed by atoms with Crippen LogP contribution in [-0.4, -0.2) is 38.0 Å². The summed E-state index contributed by atoms with van der Waals surface area (Å²) in [7, 11) is 0. The van der Waals surface area contributed by atoms with Crippen LogP contribution in [0.15, 0.2) is 10.1 Å². The lowest BCUT2D eigenvalue weighted by Gasteiger charge is -2.32. The van der Waals surface area contributed by atoms with Crippen LogP contribution in [-0.2, 0) is 9.59 Å². The highest BCUT2D eigenvalue weighted by molar-refractivity contribution is 8.45. The Hall–Kier alpha value is -0.820. The van der Waals surface area contributed by atoms with Crippen LogP contribution in [0.3, 0.4) is 0 Å². The summed E-state index contributed by atoms with van der Waals surface area (Å²) < 4.78 is 0.865. The van der Waals surface area contributed by atoms with Gasteiger partial charge < -0.3 is 0 Å². The third kappa shape index (κ3) is 2.15. The number of hydrazone groups is 1.